The van der Waals surface area contributed by atoms with Crippen LogP contribution >= 0.6 is 0 Å². The summed E-state index contributed by atoms with van der Waals surface area (Å²) in [5, 5.41) is 0.882. The summed E-state index contributed by atoms with van der Waals surface area (Å²) in [5.74, 6) is -2.23. The predicted octanol–water partition coefficient (Wildman–Crippen LogP) is 0.655. The number of hydrogen-bond donors (Lipinski definition) is 1. The van der Waals surface area contributed by atoms with Crippen molar-refractivity contribution in [3.8, 4) is 0 Å². The van der Waals surface area contributed by atoms with Gasteiger partial charge in [-0.1, -0.05) is 0 Å². The number of halogens is 2. The summed E-state index contributed by atoms with van der Waals surface area (Å²) in [6.07, 6.45) is 4.56. The van der Waals surface area contributed by atoms with Gasteiger partial charge in [0.05, 0.1) is 23.5 Å². The summed E-state index contributed by atoms with van der Waals surface area (Å²) in [6, 6.07) is 1.05. The highest BCUT2D eigenvalue weighted by atomic mass is 32.2. The second-order valence-electron chi connectivity index (χ2n) is 8.94. The molecule has 1 spiro atoms. The van der Waals surface area contributed by atoms with E-state index in [9.17, 15) is 22.0 Å². The maximum absolute atomic E-state index is 13.8. The van der Waals surface area contributed by atoms with Crippen molar-refractivity contribution >= 4 is 33.5 Å². The minimum Gasteiger partial charge on any atom is -0.353 e. The number of carbonyl (C=O) groups excluding carboxylic acids is 1. The standard InChI is InChI=1S/C19H25F2N7O3S/c1-25(9-14-8-19(20,21)11-27(14)13-29)32(30,31)28-7-6-26(10-18(28)3-4-18)17-15-2-5-22-16(15)23-12-24-17/h2,5,12-14H,3-4,6-11H2,1H3,(H,22,23,24). The zero-order chi connectivity index (χ0) is 22.7. The Morgan fingerprint density at radius 3 is 2.78 bits per heavy atom. The molecule has 0 bridgehead atoms. The molecule has 174 valence electrons. The van der Waals surface area contributed by atoms with E-state index in [1.54, 1.807) is 6.20 Å². The number of likely N-dealkylation sites (N-methyl/N-ethyl adjacent to an activating group) is 1. The van der Waals surface area contributed by atoms with Gasteiger partial charge in [-0.3, -0.25) is 4.79 Å². The fraction of sp³-hybridized carbons (Fsp3) is 0.632. The van der Waals surface area contributed by atoms with Gasteiger partial charge in [0.15, 0.2) is 0 Å². The van der Waals surface area contributed by atoms with Gasteiger partial charge in [-0.2, -0.15) is 17.0 Å². The van der Waals surface area contributed by atoms with Gasteiger partial charge in [0, 0.05) is 45.8 Å². The Balaban J connectivity index is 1.33. The summed E-state index contributed by atoms with van der Waals surface area (Å²) in [5.41, 5.74) is 0.186. The van der Waals surface area contributed by atoms with Crippen LogP contribution in [0.2, 0.25) is 0 Å². The molecule has 2 saturated heterocycles. The van der Waals surface area contributed by atoms with Crippen LogP contribution in [0.15, 0.2) is 18.6 Å². The van der Waals surface area contributed by atoms with Crippen molar-refractivity contribution in [1.29, 1.82) is 0 Å². The first kappa shape index (κ1) is 21.5. The zero-order valence-electron chi connectivity index (χ0n) is 17.6. The molecule has 1 aliphatic carbocycles. The molecule has 0 radical (unpaired) electrons. The topological polar surface area (TPSA) is 106 Å². The molecule has 5 rings (SSSR count). The van der Waals surface area contributed by atoms with E-state index in [-0.39, 0.29) is 13.1 Å². The summed E-state index contributed by atoms with van der Waals surface area (Å²) >= 11 is 0. The average molecular weight is 470 g/mol. The van der Waals surface area contributed by atoms with Crippen LogP contribution in [0.4, 0.5) is 14.6 Å². The van der Waals surface area contributed by atoms with E-state index < -0.39 is 40.7 Å². The number of alkyl halides is 2. The summed E-state index contributed by atoms with van der Waals surface area (Å²) < 4.78 is 57.0. The van der Waals surface area contributed by atoms with E-state index in [2.05, 4.69) is 19.9 Å². The molecule has 32 heavy (non-hydrogen) atoms. The quantitative estimate of drug-likeness (QED) is 0.623. The smallest absolute Gasteiger partial charge is 0.282 e. The second-order valence-corrected chi connectivity index (χ2v) is 10.9. The van der Waals surface area contributed by atoms with E-state index in [0.717, 1.165) is 38.9 Å². The van der Waals surface area contributed by atoms with Crippen molar-refractivity contribution < 1.29 is 22.0 Å². The lowest BCUT2D eigenvalue weighted by Crippen LogP contribution is -2.60. The molecule has 2 aromatic heterocycles. The third kappa shape index (κ3) is 3.52. The molecule has 0 aromatic carbocycles. The van der Waals surface area contributed by atoms with Crippen LogP contribution in [0.3, 0.4) is 0 Å². The highest BCUT2D eigenvalue weighted by Gasteiger charge is 2.57. The molecule has 13 heteroatoms. The van der Waals surface area contributed by atoms with Gasteiger partial charge < -0.3 is 14.8 Å². The monoisotopic (exact) mass is 469 g/mol. The largest absolute Gasteiger partial charge is 0.353 e. The molecule has 1 unspecified atom stereocenters. The first-order valence-corrected chi connectivity index (χ1v) is 11.9. The fourth-order valence-corrected chi connectivity index (χ4v) is 6.68. The van der Waals surface area contributed by atoms with Crippen LogP contribution in [-0.2, 0) is 15.0 Å². The number of aromatic amines is 1. The number of H-pyrrole nitrogens is 1. The SMILES string of the molecule is CN(CC1CC(F)(F)CN1C=O)S(=O)(=O)N1CCN(c2ncnc3[nH]ccc23)CC12CC2. The number of rotatable bonds is 6. The van der Waals surface area contributed by atoms with Gasteiger partial charge in [-0.05, 0) is 18.9 Å². The number of amides is 1. The molecular weight excluding hydrogens is 444 g/mol. The number of aromatic nitrogens is 3. The van der Waals surface area contributed by atoms with Crippen LogP contribution in [0, 0.1) is 0 Å². The Labute approximate surface area is 184 Å². The number of fused-ring (bicyclic) bond motifs is 1. The lowest BCUT2D eigenvalue weighted by atomic mass is 10.2. The minimum absolute atomic E-state index is 0.164. The maximum atomic E-state index is 13.8. The Bertz CT molecular complexity index is 1140. The minimum atomic E-state index is -3.89. The number of nitrogens with one attached hydrogen (secondary N) is 1. The predicted molar refractivity (Wildman–Crippen MR) is 112 cm³/mol. The molecule has 2 aromatic rings. The van der Waals surface area contributed by atoms with Crippen molar-refractivity contribution in [3.05, 3.63) is 18.6 Å². The van der Waals surface area contributed by atoms with Crippen molar-refractivity contribution in [2.24, 2.45) is 0 Å². The zero-order valence-corrected chi connectivity index (χ0v) is 18.4. The first-order chi connectivity index (χ1) is 15.2. The maximum Gasteiger partial charge on any atom is 0.282 e. The van der Waals surface area contributed by atoms with E-state index in [0.29, 0.717) is 19.5 Å². The van der Waals surface area contributed by atoms with E-state index >= 15 is 0 Å². The highest BCUT2D eigenvalue weighted by molar-refractivity contribution is 7.86. The van der Waals surface area contributed by atoms with Crippen LogP contribution < -0.4 is 4.90 Å². The van der Waals surface area contributed by atoms with Crippen molar-refractivity contribution in [1.82, 2.24) is 28.5 Å². The summed E-state index contributed by atoms with van der Waals surface area (Å²) in [7, 11) is -2.49. The highest BCUT2D eigenvalue weighted by Crippen LogP contribution is 2.47. The van der Waals surface area contributed by atoms with Gasteiger partial charge in [-0.15, -0.1) is 0 Å². The van der Waals surface area contributed by atoms with Crippen LogP contribution in [0.25, 0.3) is 11.0 Å². The molecule has 1 atom stereocenters. The lowest BCUT2D eigenvalue weighted by Gasteiger charge is -2.43. The van der Waals surface area contributed by atoms with Gasteiger partial charge in [0.2, 0.25) is 6.41 Å². The van der Waals surface area contributed by atoms with Crippen LogP contribution in [0.1, 0.15) is 19.3 Å². The molecule has 1 N–H and O–H groups in total. The van der Waals surface area contributed by atoms with Gasteiger partial charge in [0.25, 0.3) is 16.1 Å². The van der Waals surface area contributed by atoms with Crippen molar-refractivity contribution in [2.75, 3.05) is 44.7 Å². The van der Waals surface area contributed by atoms with E-state index in [1.807, 2.05) is 6.07 Å². The number of piperazine rings is 1. The molecular formula is C19H25F2N7O3S. The second kappa shape index (κ2) is 7.32. The summed E-state index contributed by atoms with van der Waals surface area (Å²) in [4.78, 5) is 26.0. The van der Waals surface area contributed by atoms with Crippen molar-refractivity contribution in [2.45, 2.75) is 36.8 Å². The molecule has 4 heterocycles. The number of hydrogen-bond acceptors (Lipinski definition) is 6. The molecule has 2 aliphatic heterocycles. The third-order valence-corrected chi connectivity index (χ3v) is 8.80. The number of anilines is 1. The fourth-order valence-electron chi connectivity index (χ4n) is 4.94. The Kier molecular flexibility index (Phi) is 4.91. The number of nitrogens with zero attached hydrogens (tertiary/aromatic N) is 6. The molecule has 1 saturated carbocycles. The first-order valence-electron chi connectivity index (χ1n) is 10.5. The molecule has 3 fully saturated rings. The van der Waals surface area contributed by atoms with Crippen LogP contribution in [0.5, 0.6) is 0 Å². The summed E-state index contributed by atoms with van der Waals surface area (Å²) in [6.45, 7) is 0.376. The lowest BCUT2D eigenvalue weighted by molar-refractivity contribution is -0.120. The van der Waals surface area contributed by atoms with E-state index in [4.69, 9.17) is 0 Å². The van der Waals surface area contributed by atoms with E-state index in [1.165, 1.54) is 17.7 Å². The van der Waals surface area contributed by atoms with Gasteiger partial charge in [-0.25, -0.2) is 18.7 Å². The average Bonchev–Trinajstić information content (AvgIpc) is 3.20. The normalized spacial score (nSPS) is 25.2. The Morgan fingerprint density at radius 1 is 1.28 bits per heavy atom. The molecule has 3 aliphatic rings. The van der Waals surface area contributed by atoms with Crippen molar-refractivity contribution in [3.63, 3.8) is 0 Å². The van der Waals surface area contributed by atoms with Crippen LogP contribution in [-0.4, -0.2) is 101 Å². The van der Waals surface area contributed by atoms with Gasteiger partial charge in [0.1, 0.15) is 17.8 Å². The third-order valence-electron chi connectivity index (χ3n) is 6.74. The Hall–Kier alpha value is -2.38. The number of carbonyl (C=O) groups is 1. The molecule has 1 amide bonds. The number of likely N-dealkylation sites (tertiary alicyclic amines) is 1. The molecule has 10 nitrogen and oxygen atoms in total. The van der Waals surface area contributed by atoms with Gasteiger partial charge >= 0.3 is 0 Å². The Morgan fingerprint density at radius 2 is 2.06 bits per heavy atom.